The maximum atomic E-state index is 13.3. The zero-order valence-electron chi connectivity index (χ0n) is 18.1. The molecule has 1 saturated carbocycles. The smallest absolute Gasteiger partial charge is 0.256 e. The molecule has 2 fully saturated rings. The van der Waals surface area contributed by atoms with E-state index < -0.39 is 0 Å². The Hall–Kier alpha value is -2.61. The SMILES string of the molecule is COc1cc(OC)c(C2SCCN2C(=O)c2ccc(OC3CCCC3)nc2)cc1OC. The summed E-state index contributed by atoms with van der Waals surface area (Å²) in [7, 11) is 4.80. The fraction of sp³-hybridized carbons (Fsp3) is 0.478. The first-order valence-electron chi connectivity index (χ1n) is 10.5. The number of rotatable bonds is 7. The van der Waals surface area contributed by atoms with Gasteiger partial charge in [0, 0.05) is 36.2 Å². The first-order valence-corrected chi connectivity index (χ1v) is 11.5. The largest absolute Gasteiger partial charge is 0.496 e. The van der Waals surface area contributed by atoms with Crippen LogP contribution in [0.25, 0.3) is 0 Å². The molecule has 1 atom stereocenters. The molecule has 1 aromatic carbocycles. The number of carbonyl (C=O) groups excluding carboxylic acids is 1. The molecule has 1 saturated heterocycles. The summed E-state index contributed by atoms with van der Waals surface area (Å²) in [5.41, 5.74) is 1.43. The highest BCUT2D eigenvalue weighted by Crippen LogP contribution is 2.46. The summed E-state index contributed by atoms with van der Waals surface area (Å²) in [6, 6.07) is 7.27. The van der Waals surface area contributed by atoms with Crippen molar-refractivity contribution in [3.8, 4) is 23.1 Å². The van der Waals surface area contributed by atoms with Gasteiger partial charge in [0.1, 0.15) is 17.2 Å². The molecule has 0 bridgehead atoms. The molecule has 1 aliphatic carbocycles. The summed E-state index contributed by atoms with van der Waals surface area (Å²) in [4.78, 5) is 19.5. The van der Waals surface area contributed by atoms with Gasteiger partial charge in [0.05, 0.1) is 26.9 Å². The van der Waals surface area contributed by atoms with Gasteiger partial charge in [0.25, 0.3) is 5.91 Å². The van der Waals surface area contributed by atoms with Gasteiger partial charge in [-0.2, -0.15) is 0 Å². The summed E-state index contributed by atoms with van der Waals surface area (Å²) in [6.45, 7) is 0.645. The highest BCUT2D eigenvalue weighted by molar-refractivity contribution is 7.99. The van der Waals surface area contributed by atoms with Gasteiger partial charge in [-0.3, -0.25) is 4.79 Å². The van der Waals surface area contributed by atoms with Gasteiger partial charge in [0.15, 0.2) is 11.5 Å². The van der Waals surface area contributed by atoms with Crippen LogP contribution in [0.3, 0.4) is 0 Å². The molecular formula is C23H28N2O5S. The van der Waals surface area contributed by atoms with Crippen molar-refractivity contribution in [3.05, 3.63) is 41.6 Å². The minimum atomic E-state index is -0.184. The van der Waals surface area contributed by atoms with Crippen LogP contribution in [0.15, 0.2) is 30.5 Å². The van der Waals surface area contributed by atoms with Crippen LogP contribution in [-0.2, 0) is 0 Å². The lowest BCUT2D eigenvalue weighted by molar-refractivity contribution is 0.0758. The van der Waals surface area contributed by atoms with E-state index in [9.17, 15) is 4.79 Å². The molecule has 2 heterocycles. The van der Waals surface area contributed by atoms with Crippen LogP contribution in [0.5, 0.6) is 23.1 Å². The third-order valence-corrected chi connectivity index (χ3v) is 6.97. The molecule has 31 heavy (non-hydrogen) atoms. The van der Waals surface area contributed by atoms with Crippen LogP contribution in [-0.4, -0.2) is 55.5 Å². The average molecular weight is 445 g/mol. The van der Waals surface area contributed by atoms with Crippen molar-refractivity contribution < 1.29 is 23.7 Å². The summed E-state index contributed by atoms with van der Waals surface area (Å²) in [5, 5.41) is -0.184. The third-order valence-electron chi connectivity index (χ3n) is 5.73. The molecule has 1 unspecified atom stereocenters. The number of thioether (sulfide) groups is 1. The second-order valence-corrected chi connectivity index (χ2v) is 8.77. The normalized spacial score (nSPS) is 18.8. The summed E-state index contributed by atoms with van der Waals surface area (Å²) >= 11 is 1.70. The number of nitrogens with zero attached hydrogens (tertiary/aromatic N) is 2. The number of aromatic nitrogens is 1. The van der Waals surface area contributed by atoms with E-state index in [0.717, 1.165) is 24.2 Å². The predicted molar refractivity (Wildman–Crippen MR) is 119 cm³/mol. The summed E-state index contributed by atoms with van der Waals surface area (Å²) in [5.74, 6) is 3.21. The van der Waals surface area contributed by atoms with Gasteiger partial charge >= 0.3 is 0 Å². The minimum absolute atomic E-state index is 0.0632. The van der Waals surface area contributed by atoms with E-state index in [1.54, 1.807) is 57.5 Å². The van der Waals surface area contributed by atoms with Gasteiger partial charge in [-0.15, -0.1) is 11.8 Å². The van der Waals surface area contributed by atoms with Crippen molar-refractivity contribution in [2.24, 2.45) is 0 Å². The Kier molecular flexibility index (Phi) is 6.75. The quantitative estimate of drug-likeness (QED) is 0.630. The second kappa shape index (κ2) is 9.68. The maximum Gasteiger partial charge on any atom is 0.256 e. The Morgan fingerprint density at radius 2 is 1.74 bits per heavy atom. The molecule has 2 aromatic rings. The van der Waals surface area contributed by atoms with Crippen molar-refractivity contribution in [2.45, 2.75) is 37.2 Å². The number of carbonyl (C=O) groups is 1. The van der Waals surface area contributed by atoms with Crippen LogP contribution in [0.4, 0.5) is 0 Å². The third kappa shape index (κ3) is 4.54. The number of hydrogen-bond acceptors (Lipinski definition) is 7. The topological polar surface area (TPSA) is 70.1 Å². The van der Waals surface area contributed by atoms with E-state index in [1.807, 2.05) is 11.0 Å². The van der Waals surface area contributed by atoms with E-state index in [-0.39, 0.29) is 17.4 Å². The van der Waals surface area contributed by atoms with E-state index >= 15 is 0 Å². The van der Waals surface area contributed by atoms with Crippen LogP contribution in [0, 0.1) is 0 Å². The molecule has 166 valence electrons. The lowest BCUT2D eigenvalue weighted by Crippen LogP contribution is -2.30. The van der Waals surface area contributed by atoms with Crippen molar-refractivity contribution >= 4 is 17.7 Å². The molecule has 1 aliphatic heterocycles. The zero-order valence-corrected chi connectivity index (χ0v) is 18.9. The van der Waals surface area contributed by atoms with Crippen molar-refractivity contribution in [1.82, 2.24) is 9.88 Å². The second-order valence-electron chi connectivity index (χ2n) is 7.58. The lowest BCUT2D eigenvalue weighted by Gasteiger charge is -2.26. The number of pyridine rings is 1. The fourth-order valence-electron chi connectivity index (χ4n) is 4.10. The lowest BCUT2D eigenvalue weighted by atomic mass is 10.1. The number of methoxy groups -OCH3 is 3. The van der Waals surface area contributed by atoms with Gasteiger partial charge in [-0.25, -0.2) is 4.98 Å². The van der Waals surface area contributed by atoms with Crippen LogP contribution >= 0.6 is 11.8 Å². The van der Waals surface area contributed by atoms with Crippen LogP contribution in [0.2, 0.25) is 0 Å². The van der Waals surface area contributed by atoms with Gasteiger partial charge in [0.2, 0.25) is 5.88 Å². The molecule has 0 N–H and O–H groups in total. The molecule has 2 aliphatic rings. The molecule has 0 radical (unpaired) electrons. The fourth-order valence-corrected chi connectivity index (χ4v) is 5.37. The molecule has 1 aromatic heterocycles. The van der Waals surface area contributed by atoms with Gasteiger partial charge in [-0.05, 0) is 37.8 Å². The van der Waals surface area contributed by atoms with E-state index in [0.29, 0.717) is 35.2 Å². The molecular weight excluding hydrogens is 416 g/mol. The predicted octanol–water partition coefficient (Wildman–Crippen LogP) is 4.32. The Morgan fingerprint density at radius 3 is 2.39 bits per heavy atom. The summed E-state index contributed by atoms with van der Waals surface area (Å²) < 4.78 is 22.4. The first kappa shape index (κ1) is 21.6. The Balaban J connectivity index is 1.55. The number of ether oxygens (including phenoxy) is 4. The monoisotopic (exact) mass is 444 g/mol. The van der Waals surface area contributed by atoms with Crippen molar-refractivity contribution in [3.63, 3.8) is 0 Å². The van der Waals surface area contributed by atoms with Crippen LogP contribution < -0.4 is 18.9 Å². The first-order chi connectivity index (χ1) is 15.1. The molecule has 0 spiro atoms. The van der Waals surface area contributed by atoms with Gasteiger partial charge in [-0.1, -0.05) is 0 Å². The average Bonchev–Trinajstić information content (AvgIpc) is 3.50. The van der Waals surface area contributed by atoms with E-state index in [1.165, 1.54) is 12.8 Å². The number of hydrogen-bond donors (Lipinski definition) is 0. The van der Waals surface area contributed by atoms with E-state index in [2.05, 4.69) is 4.98 Å². The Morgan fingerprint density at radius 1 is 1.03 bits per heavy atom. The highest BCUT2D eigenvalue weighted by Gasteiger charge is 2.34. The standard InChI is InChI=1S/C23H28N2O5S/c1-27-18-13-20(29-3)19(28-2)12-17(18)23-25(10-11-31-23)22(26)15-8-9-21(24-14-15)30-16-6-4-5-7-16/h8-9,12-14,16,23H,4-7,10-11H2,1-3H3. The highest BCUT2D eigenvalue weighted by atomic mass is 32.2. The molecule has 1 amide bonds. The van der Waals surface area contributed by atoms with E-state index in [4.69, 9.17) is 18.9 Å². The Bertz CT molecular complexity index is 915. The molecule has 8 heteroatoms. The van der Waals surface area contributed by atoms with Gasteiger partial charge < -0.3 is 23.8 Å². The number of amides is 1. The number of benzene rings is 1. The van der Waals surface area contributed by atoms with Crippen molar-refractivity contribution in [2.75, 3.05) is 33.6 Å². The van der Waals surface area contributed by atoms with Crippen molar-refractivity contribution in [1.29, 1.82) is 0 Å². The summed E-state index contributed by atoms with van der Waals surface area (Å²) in [6.07, 6.45) is 6.40. The molecule has 7 nitrogen and oxygen atoms in total. The Labute approximate surface area is 187 Å². The zero-order chi connectivity index (χ0) is 21.8. The van der Waals surface area contributed by atoms with Crippen LogP contribution in [0.1, 0.15) is 47.0 Å². The molecule has 4 rings (SSSR count). The minimum Gasteiger partial charge on any atom is -0.496 e. The maximum absolute atomic E-state index is 13.3.